The first-order chi connectivity index (χ1) is 9.92. The highest BCUT2D eigenvalue weighted by Crippen LogP contribution is 2.34. The second-order valence-electron chi connectivity index (χ2n) is 4.24. The maximum Gasteiger partial charge on any atom is 0.255 e. The molecule has 0 fully saturated rings. The van der Waals surface area contributed by atoms with Gasteiger partial charge in [-0.2, -0.15) is 9.67 Å². The van der Waals surface area contributed by atoms with Gasteiger partial charge >= 0.3 is 0 Å². The number of hydrogen-bond acceptors (Lipinski definition) is 4. The first-order valence-corrected chi connectivity index (χ1v) is 8.15. The normalized spacial score (nSPS) is 11.3. The summed E-state index contributed by atoms with van der Waals surface area (Å²) >= 11 is 19.8. The Bertz CT molecular complexity index is 661. The third-order valence-electron chi connectivity index (χ3n) is 2.35. The summed E-state index contributed by atoms with van der Waals surface area (Å²) in [6, 6.07) is 3.20. The van der Waals surface area contributed by atoms with Crippen molar-refractivity contribution in [2.75, 3.05) is 20.4 Å². The SMILES string of the molecule is CSc1nc(/N=C/N(C)C)n(-c2c(Cl)cc(Cl)cc2Cl)n1. The third kappa shape index (κ3) is 3.83. The smallest absolute Gasteiger partial charge is 0.255 e. The summed E-state index contributed by atoms with van der Waals surface area (Å²) in [4.78, 5) is 10.4. The van der Waals surface area contributed by atoms with Crippen molar-refractivity contribution < 1.29 is 0 Å². The summed E-state index contributed by atoms with van der Waals surface area (Å²) in [7, 11) is 3.73. The number of hydrogen-bond donors (Lipinski definition) is 0. The van der Waals surface area contributed by atoms with E-state index in [1.165, 1.54) is 16.4 Å². The van der Waals surface area contributed by atoms with Gasteiger partial charge in [0.05, 0.1) is 16.4 Å². The molecule has 5 nitrogen and oxygen atoms in total. The van der Waals surface area contributed by atoms with Crippen LogP contribution in [0.1, 0.15) is 0 Å². The molecule has 0 N–H and O–H groups in total. The maximum atomic E-state index is 6.23. The van der Waals surface area contributed by atoms with Gasteiger partial charge in [0.25, 0.3) is 5.95 Å². The first kappa shape index (κ1) is 16.4. The Morgan fingerprint density at radius 2 is 1.86 bits per heavy atom. The molecular weight excluding hydrogens is 353 g/mol. The highest BCUT2D eigenvalue weighted by Gasteiger charge is 2.17. The molecule has 0 aliphatic carbocycles. The Labute approximate surface area is 141 Å². The van der Waals surface area contributed by atoms with Crippen LogP contribution in [-0.4, -0.2) is 46.4 Å². The van der Waals surface area contributed by atoms with E-state index in [1.54, 1.807) is 23.4 Å². The lowest BCUT2D eigenvalue weighted by atomic mass is 10.3. The lowest BCUT2D eigenvalue weighted by Crippen LogP contribution is -2.08. The molecule has 9 heteroatoms. The summed E-state index contributed by atoms with van der Waals surface area (Å²) in [5.41, 5.74) is 0.501. The number of thioether (sulfide) groups is 1. The van der Waals surface area contributed by atoms with Crippen LogP contribution >= 0.6 is 46.6 Å². The molecule has 1 heterocycles. The fourth-order valence-corrected chi connectivity index (χ4v) is 2.82. The Morgan fingerprint density at radius 1 is 1.24 bits per heavy atom. The van der Waals surface area contributed by atoms with Crippen molar-refractivity contribution in [1.29, 1.82) is 0 Å². The van der Waals surface area contributed by atoms with E-state index in [9.17, 15) is 0 Å². The van der Waals surface area contributed by atoms with Crippen LogP contribution in [0.5, 0.6) is 0 Å². The van der Waals surface area contributed by atoms with Gasteiger partial charge in [-0.25, -0.2) is 4.99 Å². The van der Waals surface area contributed by atoms with Crippen molar-refractivity contribution in [2.24, 2.45) is 4.99 Å². The monoisotopic (exact) mass is 363 g/mol. The Balaban J connectivity index is 2.60. The standard InChI is InChI=1S/C12H12Cl3N5S/c1-19(2)6-16-11-17-12(21-3)18-20(11)10-8(14)4-7(13)5-9(10)15/h4-6H,1-3H3/b16-6+. The van der Waals surface area contributed by atoms with E-state index in [2.05, 4.69) is 15.1 Å². The van der Waals surface area contributed by atoms with Gasteiger partial charge in [0.2, 0.25) is 5.16 Å². The van der Waals surface area contributed by atoms with E-state index in [-0.39, 0.29) is 0 Å². The molecule has 0 amide bonds. The second kappa shape index (κ2) is 6.87. The molecule has 0 spiro atoms. The second-order valence-corrected chi connectivity index (χ2v) is 6.26. The molecular formula is C12H12Cl3N5S. The summed E-state index contributed by atoms with van der Waals surface area (Å²) in [5.74, 6) is 0.388. The minimum absolute atomic E-state index is 0.381. The lowest BCUT2D eigenvalue weighted by Gasteiger charge is -2.09. The van der Waals surface area contributed by atoms with E-state index in [1.807, 2.05) is 20.4 Å². The first-order valence-electron chi connectivity index (χ1n) is 5.79. The van der Waals surface area contributed by atoms with Gasteiger partial charge in [-0.15, -0.1) is 5.10 Å². The van der Waals surface area contributed by atoms with Crippen molar-refractivity contribution in [1.82, 2.24) is 19.7 Å². The van der Waals surface area contributed by atoms with Crippen LogP contribution in [0.4, 0.5) is 5.95 Å². The number of halogens is 3. The Morgan fingerprint density at radius 3 is 2.38 bits per heavy atom. The zero-order chi connectivity index (χ0) is 15.6. The van der Waals surface area contributed by atoms with Gasteiger partial charge < -0.3 is 4.90 Å². The average Bonchev–Trinajstić information content (AvgIpc) is 2.78. The largest absolute Gasteiger partial charge is 0.369 e. The highest BCUT2D eigenvalue weighted by atomic mass is 35.5. The van der Waals surface area contributed by atoms with Crippen molar-refractivity contribution in [3.05, 3.63) is 27.2 Å². The summed E-state index contributed by atoms with van der Waals surface area (Å²) in [6.07, 6.45) is 3.51. The number of benzene rings is 1. The van der Waals surface area contributed by atoms with E-state index in [4.69, 9.17) is 34.8 Å². The predicted octanol–water partition coefficient (Wildman–Crippen LogP) is 4.17. The minimum atomic E-state index is 0.381. The molecule has 21 heavy (non-hydrogen) atoms. The molecule has 2 aromatic rings. The maximum absolute atomic E-state index is 6.23. The third-order valence-corrected chi connectivity index (χ3v) is 3.68. The molecule has 0 atom stereocenters. The molecule has 0 bridgehead atoms. The summed E-state index contributed by atoms with van der Waals surface area (Å²) in [5, 5.41) is 6.14. The fourth-order valence-electron chi connectivity index (χ4n) is 1.51. The van der Waals surface area contributed by atoms with Crippen LogP contribution in [0, 0.1) is 0 Å². The van der Waals surface area contributed by atoms with Gasteiger partial charge in [0.15, 0.2) is 0 Å². The van der Waals surface area contributed by atoms with Crippen molar-refractivity contribution in [3.8, 4) is 5.69 Å². The quantitative estimate of drug-likeness (QED) is 0.464. The fraction of sp³-hybridized carbons (Fsp3) is 0.250. The number of aliphatic imine (C=N–C) groups is 1. The molecule has 1 aromatic heterocycles. The van der Waals surface area contributed by atoms with Crippen LogP contribution < -0.4 is 0 Å². The number of nitrogens with zero attached hydrogens (tertiary/aromatic N) is 5. The molecule has 0 saturated carbocycles. The zero-order valence-corrected chi connectivity index (χ0v) is 14.6. The molecule has 0 radical (unpaired) electrons. The molecule has 112 valence electrons. The van der Waals surface area contributed by atoms with Gasteiger partial charge in [-0.05, 0) is 18.4 Å². The Kier molecular flexibility index (Phi) is 5.37. The van der Waals surface area contributed by atoms with Crippen molar-refractivity contribution in [2.45, 2.75) is 5.16 Å². The Hall–Kier alpha value is -0.950. The van der Waals surface area contributed by atoms with Gasteiger partial charge in [-0.3, -0.25) is 0 Å². The van der Waals surface area contributed by atoms with Gasteiger partial charge in [0, 0.05) is 19.1 Å². The van der Waals surface area contributed by atoms with Crippen LogP contribution in [0.3, 0.4) is 0 Å². The van der Waals surface area contributed by atoms with E-state index < -0.39 is 0 Å². The van der Waals surface area contributed by atoms with E-state index >= 15 is 0 Å². The van der Waals surface area contributed by atoms with Crippen molar-refractivity contribution >= 4 is 58.9 Å². The van der Waals surface area contributed by atoms with Crippen LogP contribution in [0.25, 0.3) is 5.69 Å². The summed E-state index contributed by atoms with van der Waals surface area (Å²) in [6.45, 7) is 0. The minimum Gasteiger partial charge on any atom is -0.369 e. The van der Waals surface area contributed by atoms with E-state index in [0.29, 0.717) is 31.9 Å². The number of rotatable bonds is 4. The topological polar surface area (TPSA) is 46.3 Å². The van der Waals surface area contributed by atoms with Gasteiger partial charge in [0.1, 0.15) is 5.69 Å². The predicted molar refractivity (Wildman–Crippen MR) is 90.0 cm³/mol. The molecule has 0 aliphatic heterocycles. The lowest BCUT2D eigenvalue weighted by molar-refractivity contribution is 0.642. The number of aromatic nitrogens is 3. The molecule has 0 saturated heterocycles. The summed E-state index contributed by atoms with van der Waals surface area (Å²) < 4.78 is 1.51. The van der Waals surface area contributed by atoms with Crippen LogP contribution in [0.2, 0.25) is 15.1 Å². The van der Waals surface area contributed by atoms with Gasteiger partial charge in [-0.1, -0.05) is 46.6 Å². The van der Waals surface area contributed by atoms with Crippen LogP contribution in [0.15, 0.2) is 22.3 Å². The molecule has 1 aromatic carbocycles. The molecule has 2 rings (SSSR count). The van der Waals surface area contributed by atoms with Crippen molar-refractivity contribution in [3.63, 3.8) is 0 Å². The average molecular weight is 365 g/mol. The molecule has 0 aliphatic rings. The van der Waals surface area contributed by atoms with Crippen LogP contribution in [-0.2, 0) is 0 Å². The highest BCUT2D eigenvalue weighted by molar-refractivity contribution is 7.98. The zero-order valence-electron chi connectivity index (χ0n) is 11.5. The molecule has 0 unspecified atom stereocenters. The van der Waals surface area contributed by atoms with E-state index in [0.717, 1.165) is 0 Å².